The van der Waals surface area contributed by atoms with Gasteiger partial charge in [0.25, 0.3) is 0 Å². The second-order valence-corrected chi connectivity index (χ2v) is 4.75. The predicted molar refractivity (Wildman–Crippen MR) is 61.3 cm³/mol. The lowest BCUT2D eigenvalue weighted by Gasteiger charge is -2.34. The van der Waals surface area contributed by atoms with Crippen LogP contribution in [0.3, 0.4) is 0 Å². The molecule has 0 aromatic carbocycles. The number of hydrogen-bond donors (Lipinski definition) is 2. The van der Waals surface area contributed by atoms with Gasteiger partial charge in [-0.3, -0.25) is 0 Å². The van der Waals surface area contributed by atoms with Crippen LogP contribution in [0.2, 0.25) is 0 Å². The zero-order chi connectivity index (χ0) is 10.6. The topological polar surface area (TPSA) is 41.3 Å². The average molecular weight is 199 g/mol. The molecule has 0 radical (unpaired) electrons. The Bertz CT molecular complexity index is 151. The Balaban J connectivity index is 2.36. The first-order chi connectivity index (χ1) is 6.63. The molecule has 1 fully saturated rings. The normalized spacial score (nSPS) is 24.9. The number of nitrogens with one attached hydrogen (secondary N) is 1. The Morgan fingerprint density at radius 1 is 1.43 bits per heavy atom. The van der Waals surface area contributed by atoms with Gasteiger partial charge in [0.2, 0.25) is 0 Å². The largest absolute Gasteiger partial charge is 0.328 e. The van der Waals surface area contributed by atoms with Crippen molar-refractivity contribution >= 4 is 0 Å². The summed E-state index contributed by atoms with van der Waals surface area (Å²) in [7, 11) is 4.27. The third-order valence-electron chi connectivity index (χ3n) is 3.33. The third-order valence-corrected chi connectivity index (χ3v) is 3.33. The second-order valence-electron chi connectivity index (χ2n) is 4.75. The van der Waals surface area contributed by atoms with Gasteiger partial charge in [0, 0.05) is 12.1 Å². The van der Waals surface area contributed by atoms with E-state index in [0.717, 1.165) is 12.3 Å². The summed E-state index contributed by atoms with van der Waals surface area (Å²) in [5.41, 5.74) is 5.85. The van der Waals surface area contributed by atoms with E-state index < -0.39 is 0 Å². The fourth-order valence-corrected chi connectivity index (χ4v) is 2.38. The highest BCUT2D eigenvalue weighted by Gasteiger charge is 2.24. The highest BCUT2D eigenvalue weighted by molar-refractivity contribution is 4.82. The first-order valence-electron chi connectivity index (χ1n) is 5.75. The van der Waals surface area contributed by atoms with Crippen LogP contribution in [-0.4, -0.2) is 44.2 Å². The summed E-state index contributed by atoms with van der Waals surface area (Å²) in [5.74, 6) is 0.821. The first-order valence-corrected chi connectivity index (χ1v) is 5.75. The maximum absolute atomic E-state index is 5.85. The van der Waals surface area contributed by atoms with Crippen LogP contribution >= 0.6 is 0 Å². The van der Waals surface area contributed by atoms with Gasteiger partial charge in [0.15, 0.2) is 0 Å². The maximum Gasteiger partial charge on any atom is 0.0108 e. The molecule has 1 aliphatic rings. The first kappa shape index (κ1) is 12.0. The molecule has 1 heterocycles. The minimum Gasteiger partial charge on any atom is -0.328 e. The third kappa shape index (κ3) is 3.56. The van der Waals surface area contributed by atoms with Crippen molar-refractivity contribution in [2.24, 2.45) is 11.7 Å². The molecular weight excluding hydrogens is 174 g/mol. The predicted octanol–water partition coefficient (Wildman–Crippen LogP) is 0.654. The van der Waals surface area contributed by atoms with E-state index in [2.05, 4.69) is 31.2 Å². The minimum absolute atomic E-state index is 0.312. The van der Waals surface area contributed by atoms with E-state index in [1.807, 2.05) is 0 Å². The average Bonchev–Trinajstić information content (AvgIpc) is 2.15. The van der Waals surface area contributed by atoms with Gasteiger partial charge in [0.1, 0.15) is 0 Å². The summed E-state index contributed by atoms with van der Waals surface area (Å²) in [4.78, 5) is 2.41. The van der Waals surface area contributed by atoms with Crippen molar-refractivity contribution in [1.29, 1.82) is 0 Å². The van der Waals surface area contributed by atoms with E-state index in [9.17, 15) is 0 Å². The molecule has 0 saturated carbocycles. The summed E-state index contributed by atoms with van der Waals surface area (Å²) in [5, 5.41) is 3.42. The Hall–Kier alpha value is -0.120. The molecule has 1 aliphatic heterocycles. The molecule has 84 valence electrons. The molecule has 0 aromatic heterocycles. The Morgan fingerprint density at radius 2 is 2.00 bits per heavy atom. The molecular formula is C11H25N3. The molecule has 2 atom stereocenters. The van der Waals surface area contributed by atoms with Gasteiger partial charge in [-0.2, -0.15) is 0 Å². The number of nitrogens with two attached hydrogens (primary N) is 1. The maximum atomic E-state index is 5.85. The number of piperidine rings is 1. The lowest BCUT2D eigenvalue weighted by Crippen LogP contribution is -2.43. The zero-order valence-corrected chi connectivity index (χ0v) is 9.79. The van der Waals surface area contributed by atoms with Crippen LogP contribution < -0.4 is 11.1 Å². The fourth-order valence-electron chi connectivity index (χ4n) is 2.38. The van der Waals surface area contributed by atoms with Crippen LogP contribution in [0.5, 0.6) is 0 Å². The summed E-state index contributed by atoms with van der Waals surface area (Å²) >= 11 is 0. The van der Waals surface area contributed by atoms with Crippen molar-refractivity contribution < 1.29 is 0 Å². The second kappa shape index (κ2) is 5.69. The van der Waals surface area contributed by atoms with Crippen molar-refractivity contribution in [2.45, 2.75) is 38.3 Å². The van der Waals surface area contributed by atoms with Crippen LogP contribution in [0.15, 0.2) is 0 Å². The van der Waals surface area contributed by atoms with Crippen LogP contribution in [0, 0.1) is 5.92 Å². The molecule has 14 heavy (non-hydrogen) atoms. The molecule has 0 aliphatic carbocycles. The lowest BCUT2D eigenvalue weighted by molar-refractivity contribution is 0.181. The SMILES string of the molecule is CNC(CC(C)N)C1CCN(C)CC1. The highest BCUT2D eigenvalue weighted by atomic mass is 15.1. The van der Waals surface area contributed by atoms with Gasteiger partial charge in [-0.1, -0.05) is 0 Å². The van der Waals surface area contributed by atoms with Crippen LogP contribution in [0.4, 0.5) is 0 Å². The summed E-state index contributed by atoms with van der Waals surface area (Å²) in [6.45, 7) is 4.57. The molecule has 2 unspecified atom stereocenters. The highest BCUT2D eigenvalue weighted by Crippen LogP contribution is 2.21. The molecule has 0 spiro atoms. The molecule has 0 bridgehead atoms. The van der Waals surface area contributed by atoms with Gasteiger partial charge in [-0.15, -0.1) is 0 Å². The van der Waals surface area contributed by atoms with E-state index in [4.69, 9.17) is 5.73 Å². The molecule has 0 aromatic rings. The van der Waals surface area contributed by atoms with Crippen molar-refractivity contribution in [3.05, 3.63) is 0 Å². The monoisotopic (exact) mass is 199 g/mol. The van der Waals surface area contributed by atoms with E-state index in [1.54, 1.807) is 0 Å². The Labute approximate surface area is 88.0 Å². The van der Waals surface area contributed by atoms with E-state index in [-0.39, 0.29) is 0 Å². The summed E-state index contributed by atoms with van der Waals surface area (Å²) < 4.78 is 0. The van der Waals surface area contributed by atoms with Gasteiger partial charge in [-0.25, -0.2) is 0 Å². The molecule has 0 amide bonds. The van der Waals surface area contributed by atoms with Crippen LogP contribution in [0.1, 0.15) is 26.2 Å². The summed E-state index contributed by atoms with van der Waals surface area (Å²) in [6, 6.07) is 0.927. The standard InChI is InChI=1S/C11H25N3/c1-9(12)8-11(13-2)10-4-6-14(3)7-5-10/h9-11,13H,4-8,12H2,1-3H3. The van der Waals surface area contributed by atoms with Gasteiger partial charge >= 0.3 is 0 Å². The summed E-state index contributed by atoms with van der Waals surface area (Å²) in [6.07, 6.45) is 3.73. The number of rotatable bonds is 4. The van der Waals surface area contributed by atoms with Crippen LogP contribution in [-0.2, 0) is 0 Å². The van der Waals surface area contributed by atoms with E-state index in [0.29, 0.717) is 12.1 Å². The smallest absolute Gasteiger partial charge is 0.0108 e. The molecule has 3 N–H and O–H groups in total. The van der Waals surface area contributed by atoms with E-state index >= 15 is 0 Å². The Morgan fingerprint density at radius 3 is 2.43 bits per heavy atom. The van der Waals surface area contributed by atoms with Crippen molar-refractivity contribution in [1.82, 2.24) is 10.2 Å². The van der Waals surface area contributed by atoms with Gasteiger partial charge in [0.05, 0.1) is 0 Å². The quantitative estimate of drug-likeness (QED) is 0.698. The zero-order valence-electron chi connectivity index (χ0n) is 9.79. The fraction of sp³-hybridized carbons (Fsp3) is 1.00. The molecule has 1 rings (SSSR count). The van der Waals surface area contributed by atoms with Gasteiger partial charge in [-0.05, 0) is 59.3 Å². The van der Waals surface area contributed by atoms with Gasteiger partial charge < -0.3 is 16.0 Å². The Kier molecular flexibility index (Phi) is 4.85. The molecule has 3 heteroatoms. The molecule has 3 nitrogen and oxygen atoms in total. The molecule has 1 saturated heterocycles. The van der Waals surface area contributed by atoms with E-state index in [1.165, 1.54) is 25.9 Å². The number of nitrogens with zero attached hydrogens (tertiary/aromatic N) is 1. The minimum atomic E-state index is 0.312. The van der Waals surface area contributed by atoms with Crippen molar-refractivity contribution in [2.75, 3.05) is 27.2 Å². The lowest BCUT2D eigenvalue weighted by atomic mass is 9.86. The number of hydrogen-bond acceptors (Lipinski definition) is 3. The number of likely N-dealkylation sites (tertiary alicyclic amines) is 1. The van der Waals surface area contributed by atoms with Crippen LogP contribution in [0.25, 0.3) is 0 Å². The van der Waals surface area contributed by atoms with Crippen molar-refractivity contribution in [3.8, 4) is 0 Å². The van der Waals surface area contributed by atoms with Crippen molar-refractivity contribution in [3.63, 3.8) is 0 Å².